The van der Waals surface area contributed by atoms with Gasteiger partial charge in [0.05, 0.1) is 13.2 Å². The molecule has 2 amide bonds. The first kappa shape index (κ1) is 18.4. The first-order valence-corrected chi connectivity index (χ1v) is 8.42. The van der Waals surface area contributed by atoms with Gasteiger partial charge in [0.1, 0.15) is 6.04 Å². The minimum absolute atomic E-state index is 0.0553. The summed E-state index contributed by atoms with van der Waals surface area (Å²) in [5.41, 5.74) is 1.84. The number of carbonyl (C=O) groups excluding carboxylic acids is 2. The normalized spacial score (nSPS) is 15.6. The molecule has 0 aromatic heterocycles. The van der Waals surface area contributed by atoms with E-state index < -0.39 is 17.9 Å². The van der Waals surface area contributed by atoms with Gasteiger partial charge in [-0.3, -0.25) is 14.8 Å². The van der Waals surface area contributed by atoms with Gasteiger partial charge in [0.25, 0.3) is 11.8 Å². The monoisotopic (exact) mass is 354 g/mol. The Morgan fingerprint density at radius 2 is 2.04 bits per heavy atom. The van der Waals surface area contributed by atoms with Crippen molar-refractivity contribution in [2.24, 2.45) is 0 Å². The summed E-state index contributed by atoms with van der Waals surface area (Å²) < 4.78 is 11.2. The van der Waals surface area contributed by atoms with E-state index in [-0.39, 0.29) is 11.9 Å². The predicted molar refractivity (Wildman–Crippen MR) is 90.9 cm³/mol. The molecule has 1 aromatic carbocycles. The number of thiol groups is 1. The van der Waals surface area contributed by atoms with Gasteiger partial charge in [0.15, 0.2) is 11.5 Å². The molecule has 7 nitrogen and oxygen atoms in total. The van der Waals surface area contributed by atoms with E-state index in [9.17, 15) is 9.59 Å². The highest BCUT2D eigenvalue weighted by atomic mass is 32.1. The second-order valence-electron chi connectivity index (χ2n) is 5.57. The summed E-state index contributed by atoms with van der Waals surface area (Å²) >= 11 is 3.99. The summed E-state index contributed by atoms with van der Waals surface area (Å²) in [6, 6.07) is 3.90. The molecule has 2 rings (SSSR count). The minimum atomic E-state index is -0.938. The Labute approximate surface area is 146 Å². The number of carbonyl (C=O) groups is 2. The number of ether oxygens (including phenoxy) is 2. The van der Waals surface area contributed by atoms with Gasteiger partial charge in [0.2, 0.25) is 0 Å². The van der Waals surface area contributed by atoms with Crippen molar-refractivity contribution in [1.82, 2.24) is 10.8 Å². The Balaban J connectivity index is 2.14. The summed E-state index contributed by atoms with van der Waals surface area (Å²) in [6.45, 7) is 0. The Morgan fingerprint density at radius 3 is 2.62 bits per heavy atom. The second-order valence-corrected chi connectivity index (χ2v) is 5.94. The van der Waals surface area contributed by atoms with Crippen molar-refractivity contribution in [1.29, 1.82) is 0 Å². The third-order valence-electron chi connectivity index (χ3n) is 3.94. The van der Waals surface area contributed by atoms with Gasteiger partial charge in [-0.2, -0.15) is 12.6 Å². The van der Waals surface area contributed by atoms with Gasteiger partial charge in [0, 0.05) is 11.3 Å². The Kier molecular flexibility index (Phi) is 6.74. The maximum absolute atomic E-state index is 12.3. The first-order valence-electron chi connectivity index (χ1n) is 7.79. The Bertz CT molecular complexity index is 590. The van der Waals surface area contributed by atoms with Crippen molar-refractivity contribution in [2.45, 2.75) is 37.8 Å². The molecular formula is C16H22N2O5S. The van der Waals surface area contributed by atoms with Crippen LogP contribution in [0.4, 0.5) is 0 Å². The summed E-state index contributed by atoms with van der Waals surface area (Å²) in [4.78, 5) is 23.8. The molecule has 0 aliphatic heterocycles. The van der Waals surface area contributed by atoms with Crippen molar-refractivity contribution >= 4 is 24.4 Å². The molecule has 0 spiro atoms. The molecule has 0 unspecified atom stereocenters. The van der Waals surface area contributed by atoms with Crippen molar-refractivity contribution < 1.29 is 24.3 Å². The molecule has 1 fully saturated rings. The molecule has 132 valence electrons. The van der Waals surface area contributed by atoms with Crippen LogP contribution in [0.15, 0.2) is 18.2 Å². The van der Waals surface area contributed by atoms with Crippen molar-refractivity contribution in [3.05, 3.63) is 23.8 Å². The van der Waals surface area contributed by atoms with Crippen LogP contribution < -0.4 is 20.3 Å². The molecule has 8 heteroatoms. The van der Waals surface area contributed by atoms with E-state index in [2.05, 4.69) is 17.9 Å². The SMILES string of the molecule is COc1ccc(C(=O)N[C@H](CS)C(=O)NO)cc1OC1CCCC1. The fraction of sp³-hybridized carbons (Fsp3) is 0.500. The van der Waals surface area contributed by atoms with Crippen LogP contribution >= 0.6 is 12.6 Å². The van der Waals surface area contributed by atoms with E-state index in [4.69, 9.17) is 14.7 Å². The van der Waals surface area contributed by atoms with Crippen LogP contribution in [0.3, 0.4) is 0 Å². The molecule has 3 N–H and O–H groups in total. The van der Waals surface area contributed by atoms with Crippen LogP contribution in [0.1, 0.15) is 36.0 Å². The van der Waals surface area contributed by atoms with E-state index in [1.165, 1.54) is 5.48 Å². The van der Waals surface area contributed by atoms with E-state index >= 15 is 0 Å². The zero-order chi connectivity index (χ0) is 17.5. The third-order valence-corrected chi connectivity index (χ3v) is 4.30. The number of hydrogen-bond donors (Lipinski definition) is 4. The highest BCUT2D eigenvalue weighted by Gasteiger charge is 2.22. The lowest BCUT2D eigenvalue weighted by atomic mass is 10.1. The molecule has 1 saturated carbocycles. The number of nitrogens with one attached hydrogen (secondary N) is 2. The number of hydroxylamine groups is 1. The third kappa shape index (κ3) is 4.55. The topological polar surface area (TPSA) is 96.9 Å². The zero-order valence-electron chi connectivity index (χ0n) is 13.4. The quantitative estimate of drug-likeness (QED) is 0.338. The van der Waals surface area contributed by atoms with Gasteiger partial charge < -0.3 is 14.8 Å². The highest BCUT2D eigenvalue weighted by molar-refractivity contribution is 7.80. The Morgan fingerprint density at radius 1 is 1.33 bits per heavy atom. The second kappa shape index (κ2) is 8.79. The van der Waals surface area contributed by atoms with Crippen molar-refractivity contribution in [3.8, 4) is 11.5 Å². The Hall–Kier alpha value is -1.93. The molecule has 24 heavy (non-hydrogen) atoms. The number of amides is 2. The summed E-state index contributed by atoms with van der Waals surface area (Å²) in [5.74, 6) is -0.0751. The van der Waals surface area contributed by atoms with Crippen molar-refractivity contribution in [2.75, 3.05) is 12.9 Å². The average Bonchev–Trinajstić information content (AvgIpc) is 3.11. The fourth-order valence-electron chi connectivity index (χ4n) is 2.61. The zero-order valence-corrected chi connectivity index (χ0v) is 14.3. The minimum Gasteiger partial charge on any atom is -0.493 e. The maximum atomic E-state index is 12.3. The lowest BCUT2D eigenvalue weighted by Crippen LogP contribution is -2.47. The molecule has 1 atom stereocenters. The first-order chi connectivity index (χ1) is 11.6. The lowest BCUT2D eigenvalue weighted by Gasteiger charge is -2.18. The maximum Gasteiger partial charge on any atom is 0.266 e. The van der Waals surface area contributed by atoms with Crippen LogP contribution in [0, 0.1) is 0 Å². The molecule has 0 radical (unpaired) electrons. The van der Waals surface area contributed by atoms with Gasteiger partial charge in [-0.1, -0.05) is 0 Å². The molecule has 1 aliphatic rings. The molecule has 0 saturated heterocycles. The van der Waals surface area contributed by atoms with E-state index in [1.54, 1.807) is 25.3 Å². The van der Waals surface area contributed by atoms with Gasteiger partial charge in [-0.25, -0.2) is 5.48 Å². The molecular weight excluding hydrogens is 332 g/mol. The van der Waals surface area contributed by atoms with Gasteiger partial charge in [-0.15, -0.1) is 0 Å². The van der Waals surface area contributed by atoms with E-state index in [1.807, 2.05) is 0 Å². The van der Waals surface area contributed by atoms with Gasteiger partial charge >= 0.3 is 0 Å². The van der Waals surface area contributed by atoms with Crippen LogP contribution in [-0.4, -0.2) is 42.0 Å². The molecule has 1 aromatic rings. The molecule has 0 heterocycles. The molecule has 1 aliphatic carbocycles. The number of hydrogen-bond acceptors (Lipinski definition) is 6. The van der Waals surface area contributed by atoms with Crippen molar-refractivity contribution in [3.63, 3.8) is 0 Å². The fourth-order valence-corrected chi connectivity index (χ4v) is 2.87. The standard InChI is InChI=1S/C16H22N2O5S/c1-22-13-7-6-10(8-14(13)23-11-4-2-3-5-11)15(19)17-12(9-24)16(20)18-21/h6-8,11-12,21,24H,2-5,9H2,1H3,(H,17,19)(H,18,20)/t12-/m1/s1. The average molecular weight is 354 g/mol. The van der Waals surface area contributed by atoms with Crippen LogP contribution in [0.5, 0.6) is 11.5 Å². The lowest BCUT2D eigenvalue weighted by molar-refractivity contribution is -0.130. The number of rotatable bonds is 7. The summed E-state index contributed by atoms with van der Waals surface area (Å²) in [6.07, 6.45) is 4.36. The van der Waals surface area contributed by atoms with Crippen LogP contribution in [0.2, 0.25) is 0 Å². The smallest absolute Gasteiger partial charge is 0.266 e. The van der Waals surface area contributed by atoms with Crippen LogP contribution in [0.25, 0.3) is 0 Å². The number of benzene rings is 1. The van der Waals surface area contributed by atoms with Gasteiger partial charge in [-0.05, 0) is 43.9 Å². The summed E-state index contributed by atoms with van der Waals surface area (Å²) in [7, 11) is 1.54. The highest BCUT2D eigenvalue weighted by Crippen LogP contribution is 2.32. The summed E-state index contributed by atoms with van der Waals surface area (Å²) in [5, 5.41) is 11.2. The molecule has 0 bridgehead atoms. The van der Waals surface area contributed by atoms with E-state index in [0.717, 1.165) is 25.7 Å². The predicted octanol–water partition coefficient (Wildman–Crippen LogP) is 1.55. The largest absolute Gasteiger partial charge is 0.493 e. The van der Waals surface area contributed by atoms with Crippen LogP contribution in [-0.2, 0) is 4.79 Å². The number of methoxy groups -OCH3 is 1. The van der Waals surface area contributed by atoms with E-state index in [0.29, 0.717) is 17.1 Å².